The second-order valence-electron chi connectivity index (χ2n) is 6.01. The topological polar surface area (TPSA) is 59.8 Å². The molecule has 0 fully saturated rings. The van der Waals surface area contributed by atoms with Crippen molar-refractivity contribution in [3.05, 3.63) is 70.7 Å². The number of halogens is 2. The maximum Gasteiger partial charge on any atom is 0.234 e. The largest absolute Gasteiger partial charge is 0.323 e. The Balaban J connectivity index is 1.75. The zero-order valence-electron chi connectivity index (χ0n) is 15.2. The van der Waals surface area contributed by atoms with Crippen molar-refractivity contribution < 1.29 is 4.79 Å². The Hall–Kier alpha value is -2.28. The Morgan fingerprint density at radius 3 is 2.61 bits per heavy atom. The van der Waals surface area contributed by atoms with Gasteiger partial charge in [-0.2, -0.15) is 0 Å². The molecule has 0 atom stereocenters. The molecule has 2 aromatic carbocycles. The average molecular weight is 433 g/mol. The van der Waals surface area contributed by atoms with E-state index >= 15 is 0 Å². The molecule has 0 aliphatic carbocycles. The van der Waals surface area contributed by atoms with Gasteiger partial charge >= 0.3 is 0 Å². The Bertz CT molecular complexity index is 999. The monoisotopic (exact) mass is 432 g/mol. The summed E-state index contributed by atoms with van der Waals surface area (Å²) in [7, 11) is 0. The molecular formula is C20H18Cl2N4OS. The number of aryl methyl sites for hydroxylation is 1. The van der Waals surface area contributed by atoms with Gasteiger partial charge in [-0.15, -0.1) is 16.8 Å². The number of amides is 1. The number of nitrogens with one attached hydrogen (secondary N) is 1. The van der Waals surface area contributed by atoms with Gasteiger partial charge in [-0.1, -0.05) is 70.9 Å². The second kappa shape index (κ2) is 9.28. The number of hydrogen-bond acceptors (Lipinski definition) is 4. The molecule has 0 aliphatic heterocycles. The molecule has 1 heterocycles. The number of carbonyl (C=O) groups excluding carboxylic acids is 1. The van der Waals surface area contributed by atoms with Gasteiger partial charge < -0.3 is 5.32 Å². The number of rotatable bonds is 7. The van der Waals surface area contributed by atoms with Crippen molar-refractivity contribution in [2.75, 3.05) is 11.1 Å². The molecule has 0 saturated heterocycles. The third-order valence-electron chi connectivity index (χ3n) is 3.86. The van der Waals surface area contributed by atoms with Gasteiger partial charge in [0.25, 0.3) is 0 Å². The average Bonchev–Trinajstić information content (AvgIpc) is 3.06. The van der Waals surface area contributed by atoms with Crippen LogP contribution >= 0.6 is 35.0 Å². The lowest BCUT2D eigenvalue weighted by molar-refractivity contribution is -0.113. The van der Waals surface area contributed by atoms with Crippen LogP contribution in [-0.4, -0.2) is 26.4 Å². The first-order valence-electron chi connectivity index (χ1n) is 8.47. The summed E-state index contributed by atoms with van der Waals surface area (Å²) >= 11 is 13.5. The third-order valence-corrected chi connectivity index (χ3v) is 5.46. The molecule has 1 N–H and O–H groups in total. The zero-order valence-corrected chi connectivity index (χ0v) is 17.5. The van der Waals surface area contributed by atoms with E-state index < -0.39 is 0 Å². The maximum atomic E-state index is 12.4. The highest BCUT2D eigenvalue weighted by Gasteiger charge is 2.16. The number of anilines is 1. The summed E-state index contributed by atoms with van der Waals surface area (Å²) in [5.74, 6) is 0.649. The van der Waals surface area contributed by atoms with Gasteiger partial charge in [0, 0.05) is 12.1 Å². The standard InChI is InChI=1S/C20H18Cl2N4OS/c1-3-10-26-19(14-7-4-6-13(2)11-14)24-25-20(26)28-12-17(27)23-18-15(21)8-5-9-16(18)22/h3-9,11H,1,10,12H2,2H3,(H,23,27). The summed E-state index contributed by atoms with van der Waals surface area (Å²) in [6.45, 7) is 6.37. The van der Waals surface area contributed by atoms with Crippen molar-refractivity contribution in [3.8, 4) is 11.4 Å². The molecule has 8 heteroatoms. The van der Waals surface area contributed by atoms with E-state index in [2.05, 4.69) is 22.1 Å². The van der Waals surface area contributed by atoms with E-state index in [1.807, 2.05) is 35.8 Å². The van der Waals surface area contributed by atoms with Gasteiger partial charge in [-0.05, 0) is 25.1 Å². The highest BCUT2D eigenvalue weighted by molar-refractivity contribution is 7.99. The smallest absolute Gasteiger partial charge is 0.234 e. The van der Waals surface area contributed by atoms with E-state index in [9.17, 15) is 4.79 Å². The molecule has 0 bridgehead atoms. The minimum absolute atomic E-state index is 0.143. The molecular weight excluding hydrogens is 415 g/mol. The molecule has 144 valence electrons. The van der Waals surface area contributed by atoms with Crippen molar-refractivity contribution >= 4 is 46.6 Å². The number of aromatic nitrogens is 3. The van der Waals surface area contributed by atoms with Crippen LogP contribution in [0.3, 0.4) is 0 Å². The summed E-state index contributed by atoms with van der Waals surface area (Å²) in [6.07, 6.45) is 1.77. The molecule has 0 saturated carbocycles. The minimum atomic E-state index is -0.231. The summed E-state index contributed by atoms with van der Waals surface area (Å²) < 4.78 is 1.93. The number of benzene rings is 2. The first-order valence-corrected chi connectivity index (χ1v) is 10.2. The van der Waals surface area contributed by atoms with Crippen molar-refractivity contribution in [2.24, 2.45) is 0 Å². The fraction of sp³-hybridized carbons (Fsp3) is 0.150. The lowest BCUT2D eigenvalue weighted by atomic mass is 10.1. The van der Waals surface area contributed by atoms with Gasteiger partial charge in [0.1, 0.15) is 0 Å². The molecule has 0 spiro atoms. The number of hydrogen-bond donors (Lipinski definition) is 1. The van der Waals surface area contributed by atoms with Gasteiger partial charge in [0.15, 0.2) is 11.0 Å². The lowest BCUT2D eigenvalue weighted by Gasteiger charge is -2.10. The molecule has 0 radical (unpaired) electrons. The van der Waals surface area contributed by atoms with Gasteiger partial charge in [0.05, 0.1) is 21.5 Å². The van der Waals surface area contributed by atoms with Crippen LogP contribution < -0.4 is 5.32 Å². The van der Waals surface area contributed by atoms with Crippen LogP contribution in [0.4, 0.5) is 5.69 Å². The van der Waals surface area contributed by atoms with Crippen molar-refractivity contribution in [1.82, 2.24) is 14.8 Å². The van der Waals surface area contributed by atoms with Crippen molar-refractivity contribution in [3.63, 3.8) is 0 Å². The zero-order chi connectivity index (χ0) is 20.1. The van der Waals surface area contributed by atoms with E-state index in [0.717, 1.165) is 17.0 Å². The maximum absolute atomic E-state index is 12.4. The summed E-state index contributed by atoms with van der Waals surface area (Å²) in [5.41, 5.74) is 2.51. The number of carbonyl (C=O) groups is 1. The van der Waals surface area contributed by atoms with Crippen LogP contribution in [0.25, 0.3) is 11.4 Å². The number of para-hydroxylation sites is 1. The Kier molecular flexibility index (Phi) is 6.78. The number of allylic oxidation sites excluding steroid dienone is 1. The lowest BCUT2D eigenvalue weighted by Crippen LogP contribution is -2.15. The van der Waals surface area contributed by atoms with E-state index in [1.165, 1.54) is 11.8 Å². The highest BCUT2D eigenvalue weighted by atomic mass is 35.5. The van der Waals surface area contributed by atoms with E-state index in [1.54, 1.807) is 24.3 Å². The van der Waals surface area contributed by atoms with Crippen LogP contribution in [0.1, 0.15) is 5.56 Å². The first kappa shape index (κ1) is 20.5. The van der Waals surface area contributed by atoms with E-state index in [4.69, 9.17) is 23.2 Å². The molecule has 1 aromatic heterocycles. The molecule has 28 heavy (non-hydrogen) atoms. The van der Waals surface area contributed by atoms with Crippen LogP contribution in [0.15, 0.2) is 60.3 Å². The SMILES string of the molecule is C=CCn1c(SCC(=O)Nc2c(Cl)cccc2Cl)nnc1-c1cccc(C)c1. The Morgan fingerprint density at radius 2 is 1.93 bits per heavy atom. The third kappa shape index (κ3) is 4.76. The summed E-state index contributed by atoms with van der Waals surface area (Å²) in [6, 6.07) is 13.1. The number of nitrogens with zero attached hydrogens (tertiary/aromatic N) is 3. The Labute approximate surface area is 177 Å². The minimum Gasteiger partial charge on any atom is -0.323 e. The summed E-state index contributed by atoms with van der Waals surface area (Å²) in [5, 5.41) is 12.7. The highest BCUT2D eigenvalue weighted by Crippen LogP contribution is 2.30. The van der Waals surface area contributed by atoms with Gasteiger partial charge in [-0.25, -0.2) is 0 Å². The fourth-order valence-electron chi connectivity index (χ4n) is 2.61. The van der Waals surface area contributed by atoms with Gasteiger partial charge in [-0.3, -0.25) is 9.36 Å². The van der Waals surface area contributed by atoms with Crippen molar-refractivity contribution in [1.29, 1.82) is 0 Å². The van der Waals surface area contributed by atoms with E-state index in [-0.39, 0.29) is 11.7 Å². The predicted octanol–water partition coefficient (Wildman–Crippen LogP) is 5.48. The molecule has 0 unspecified atom stereocenters. The normalized spacial score (nSPS) is 10.7. The second-order valence-corrected chi connectivity index (χ2v) is 7.77. The fourth-order valence-corrected chi connectivity index (χ4v) is 3.85. The first-order chi connectivity index (χ1) is 13.5. The van der Waals surface area contributed by atoms with E-state index in [0.29, 0.717) is 27.4 Å². The Morgan fingerprint density at radius 1 is 1.21 bits per heavy atom. The molecule has 3 aromatic rings. The van der Waals surface area contributed by atoms with Crippen LogP contribution in [-0.2, 0) is 11.3 Å². The molecule has 5 nitrogen and oxygen atoms in total. The molecule has 3 rings (SSSR count). The summed E-state index contributed by atoms with van der Waals surface area (Å²) in [4.78, 5) is 12.4. The predicted molar refractivity (Wildman–Crippen MR) is 116 cm³/mol. The van der Waals surface area contributed by atoms with Gasteiger partial charge in [0.2, 0.25) is 5.91 Å². The van der Waals surface area contributed by atoms with Crippen LogP contribution in [0.2, 0.25) is 10.0 Å². The molecule has 1 amide bonds. The van der Waals surface area contributed by atoms with Crippen molar-refractivity contribution in [2.45, 2.75) is 18.6 Å². The quantitative estimate of drug-likeness (QED) is 0.396. The van der Waals surface area contributed by atoms with Crippen LogP contribution in [0.5, 0.6) is 0 Å². The number of thioether (sulfide) groups is 1. The molecule has 0 aliphatic rings. The van der Waals surface area contributed by atoms with Crippen LogP contribution in [0, 0.1) is 6.92 Å².